The molecular weight excluding hydrogens is 286 g/mol. The van der Waals surface area contributed by atoms with Crippen LogP contribution < -0.4 is 5.32 Å². The summed E-state index contributed by atoms with van der Waals surface area (Å²) >= 11 is 0. The Morgan fingerprint density at radius 3 is 2.96 bits per heavy atom. The predicted molar refractivity (Wildman–Crippen MR) is 91.2 cm³/mol. The standard InChI is InChI=1S/C19H23N3O/c1-15-6-2-3-9-18(15)17-8-5-11-22(14-17)19(23)21-13-16-7-4-10-20-12-16/h2-4,6-7,9-10,12,17H,5,8,11,13-14H2,1H3,(H,21,23)/t17-/m0/s1. The van der Waals surface area contributed by atoms with Gasteiger partial charge < -0.3 is 10.2 Å². The molecule has 0 saturated carbocycles. The van der Waals surface area contributed by atoms with E-state index in [1.54, 1.807) is 12.4 Å². The molecule has 1 saturated heterocycles. The first kappa shape index (κ1) is 15.5. The molecule has 1 aliphatic rings. The Hall–Kier alpha value is -2.36. The largest absolute Gasteiger partial charge is 0.334 e. The normalized spacial score (nSPS) is 17.8. The molecule has 4 nitrogen and oxygen atoms in total. The van der Waals surface area contributed by atoms with Crippen molar-refractivity contribution >= 4 is 6.03 Å². The SMILES string of the molecule is Cc1ccccc1[C@H]1CCCN(C(=O)NCc2cccnc2)C1. The van der Waals surface area contributed by atoms with E-state index in [0.717, 1.165) is 31.5 Å². The summed E-state index contributed by atoms with van der Waals surface area (Å²) < 4.78 is 0. The lowest BCUT2D eigenvalue weighted by Crippen LogP contribution is -2.44. The monoisotopic (exact) mass is 309 g/mol. The molecule has 0 bridgehead atoms. The Bertz CT molecular complexity index is 657. The lowest BCUT2D eigenvalue weighted by molar-refractivity contribution is 0.179. The van der Waals surface area contributed by atoms with Gasteiger partial charge in [0.25, 0.3) is 0 Å². The van der Waals surface area contributed by atoms with Crippen molar-refractivity contribution in [2.75, 3.05) is 13.1 Å². The number of urea groups is 1. The highest BCUT2D eigenvalue weighted by atomic mass is 16.2. The van der Waals surface area contributed by atoms with Crippen LogP contribution >= 0.6 is 0 Å². The van der Waals surface area contributed by atoms with E-state index in [1.165, 1.54) is 11.1 Å². The number of piperidine rings is 1. The van der Waals surface area contributed by atoms with Gasteiger partial charge >= 0.3 is 6.03 Å². The fourth-order valence-corrected chi connectivity index (χ4v) is 3.25. The van der Waals surface area contributed by atoms with Gasteiger partial charge in [0.15, 0.2) is 0 Å². The summed E-state index contributed by atoms with van der Waals surface area (Å²) in [7, 11) is 0. The van der Waals surface area contributed by atoms with Crippen molar-refractivity contribution in [2.24, 2.45) is 0 Å². The fourth-order valence-electron chi connectivity index (χ4n) is 3.25. The summed E-state index contributed by atoms with van der Waals surface area (Å²) in [6.45, 7) is 4.31. The molecular formula is C19H23N3O. The fraction of sp³-hybridized carbons (Fsp3) is 0.368. The minimum atomic E-state index is 0.0205. The van der Waals surface area contributed by atoms with Crippen LogP contribution in [0.3, 0.4) is 0 Å². The molecule has 0 radical (unpaired) electrons. The quantitative estimate of drug-likeness (QED) is 0.943. The van der Waals surface area contributed by atoms with Gasteiger partial charge in [-0.05, 0) is 42.5 Å². The molecule has 1 fully saturated rings. The average Bonchev–Trinajstić information content (AvgIpc) is 2.61. The molecule has 23 heavy (non-hydrogen) atoms. The van der Waals surface area contributed by atoms with Crippen LogP contribution in [-0.2, 0) is 6.54 Å². The summed E-state index contributed by atoms with van der Waals surface area (Å²) in [5.41, 5.74) is 3.71. The van der Waals surface area contributed by atoms with Crippen molar-refractivity contribution in [1.82, 2.24) is 15.2 Å². The van der Waals surface area contributed by atoms with Crippen molar-refractivity contribution in [1.29, 1.82) is 0 Å². The van der Waals surface area contributed by atoms with Gasteiger partial charge in [0.05, 0.1) is 0 Å². The summed E-state index contributed by atoms with van der Waals surface area (Å²) in [6.07, 6.45) is 5.73. The molecule has 1 atom stereocenters. The molecule has 0 unspecified atom stereocenters. The zero-order valence-electron chi connectivity index (χ0n) is 13.5. The van der Waals surface area contributed by atoms with Gasteiger partial charge in [0, 0.05) is 37.9 Å². The van der Waals surface area contributed by atoms with Crippen LogP contribution in [-0.4, -0.2) is 29.0 Å². The number of nitrogens with one attached hydrogen (secondary N) is 1. The number of aryl methyl sites for hydroxylation is 1. The number of likely N-dealkylation sites (tertiary alicyclic amines) is 1. The molecule has 2 heterocycles. The van der Waals surface area contributed by atoms with E-state index in [2.05, 4.69) is 41.5 Å². The average molecular weight is 309 g/mol. The van der Waals surface area contributed by atoms with Crippen molar-refractivity contribution in [3.05, 3.63) is 65.5 Å². The van der Waals surface area contributed by atoms with Gasteiger partial charge in [0.1, 0.15) is 0 Å². The molecule has 1 aliphatic heterocycles. The molecule has 2 amide bonds. The Kier molecular flexibility index (Phi) is 4.91. The second-order valence-electron chi connectivity index (χ2n) is 6.16. The molecule has 1 aromatic heterocycles. The third-order valence-electron chi connectivity index (χ3n) is 4.50. The van der Waals surface area contributed by atoms with Gasteiger partial charge in [-0.3, -0.25) is 4.98 Å². The van der Waals surface area contributed by atoms with Crippen LogP contribution in [0.1, 0.15) is 35.4 Å². The van der Waals surface area contributed by atoms with Crippen LogP contribution in [0.5, 0.6) is 0 Å². The van der Waals surface area contributed by atoms with E-state index in [4.69, 9.17) is 0 Å². The number of nitrogens with zero attached hydrogens (tertiary/aromatic N) is 2. The molecule has 4 heteroatoms. The minimum Gasteiger partial charge on any atom is -0.334 e. The number of benzene rings is 1. The number of amides is 2. The van der Waals surface area contributed by atoms with Crippen LogP contribution in [0.2, 0.25) is 0 Å². The van der Waals surface area contributed by atoms with Gasteiger partial charge in [0.2, 0.25) is 0 Å². The maximum absolute atomic E-state index is 12.4. The zero-order valence-corrected chi connectivity index (χ0v) is 13.5. The highest BCUT2D eigenvalue weighted by molar-refractivity contribution is 5.74. The molecule has 1 N–H and O–H groups in total. The Morgan fingerprint density at radius 1 is 1.30 bits per heavy atom. The second kappa shape index (κ2) is 7.27. The first-order valence-corrected chi connectivity index (χ1v) is 8.21. The van der Waals surface area contributed by atoms with E-state index >= 15 is 0 Å². The maximum atomic E-state index is 12.4. The summed E-state index contributed by atoms with van der Waals surface area (Å²) in [4.78, 5) is 18.4. The Balaban J connectivity index is 1.60. The van der Waals surface area contributed by atoms with Crippen molar-refractivity contribution < 1.29 is 4.79 Å². The highest BCUT2D eigenvalue weighted by Crippen LogP contribution is 2.28. The topological polar surface area (TPSA) is 45.2 Å². The van der Waals surface area contributed by atoms with Crippen LogP contribution in [0.15, 0.2) is 48.8 Å². The Labute approximate surface area is 137 Å². The first-order valence-electron chi connectivity index (χ1n) is 8.21. The third kappa shape index (κ3) is 3.89. The van der Waals surface area contributed by atoms with E-state index in [9.17, 15) is 4.79 Å². The minimum absolute atomic E-state index is 0.0205. The van der Waals surface area contributed by atoms with Gasteiger partial charge in [-0.15, -0.1) is 0 Å². The van der Waals surface area contributed by atoms with Crippen LogP contribution in [0.25, 0.3) is 0 Å². The third-order valence-corrected chi connectivity index (χ3v) is 4.50. The number of aromatic nitrogens is 1. The molecule has 0 spiro atoms. The second-order valence-corrected chi connectivity index (χ2v) is 6.16. The molecule has 2 aromatic rings. The van der Waals surface area contributed by atoms with E-state index in [-0.39, 0.29) is 6.03 Å². The number of pyridine rings is 1. The van der Waals surface area contributed by atoms with Gasteiger partial charge in [-0.25, -0.2) is 4.79 Å². The van der Waals surface area contributed by atoms with Crippen LogP contribution in [0, 0.1) is 6.92 Å². The smallest absolute Gasteiger partial charge is 0.317 e. The maximum Gasteiger partial charge on any atom is 0.317 e. The lowest BCUT2D eigenvalue weighted by atomic mass is 9.88. The van der Waals surface area contributed by atoms with E-state index in [1.807, 2.05) is 17.0 Å². The predicted octanol–water partition coefficient (Wildman–Crippen LogP) is 3.48. The van der Waals surface area contributed by atoms with Gasteiger partial charge in [-0.2, -0.15) is 0 Å². The zero-order chi connectivity index (χ0) is 16.1. The van der Waals surface area contributed by atoms with Crippen molar-refractivity contribution in [3.8, 4) is 0 Å². The highest BCUT2D eigenvalue weighted by Gasteiger charge is 2.25. The summed E-state index contributed by atoms with van der Waals surface area (Å²) in [5.74, 6) is 0.439. The number of hydrogen-bond acceptors (Lipinski definition) is 2. The summed E-state index contributed by atoms with van der Waals surface area (Å²) in [5, 5.41) is 3.00. The van der Waals surface area contributed by atoms with Crippen molar-refractivity contribution in [2.45, 2.75) is 32.2 Å². The molecule has 3 rings (SSSR count). The Morgan fingerprint density at radius 2 is 2.17 bits per heavy atom. The van der Waals surface area contributed by atoms with Gasteiger partial charge in [-0.1, -0.05) is 30.3 Å². The lowest BCUT2D eigenvalue weighted by Gasteiger charge is -2.33. The molecule has 120 valence electrons. The summed E-state index contributed by atoms with van der Waals surface area (Å²) in [6, 6.07) is 12.4. The number of carbonyl (C=O) groups is 1. The van der Waals surface area contributed by atoms with E-state index < -0.39 is 0 Å². The molecule has 0 aliphatic carbocycles. The number of rotatable bonds is 3. The van der Waals surface area contributed by atoms with Crippen molar-refractivity contribution in [3.63, 3.8) is 0 Å². The van der Waals surface area contributed by atoms with Crippen LogP contribution in [0.4, 0.5) is 4.79 Å². The number of carbonyl (C=O) groups excluding carboxylic acids is 1. The first-order chi connectivity index (χ1) is 11.2. The number of hydrogen-bond donors (Lipinski definition) is 1. The van der Waals surface area contributed by atoms with E-state index in [0.29, 0.717) is 12.5 Å². The molecule has 1 aromatic carbocycles.